The van der Waals surface area contributed by atoms with Crippen molar-refractivity contribution in [3.8, 4) is 17.0 Å². The molecule has 0 spiro atoms. The summed E-state index contributed by atoms with van der Waals surface area (Å²) < 4.78 is 13.4. The molecule has 0 saturated carbocycles. The van der Waals surface area contributed by atoms with E-state index < -0.39 is 0 Å². The minimum absolute atomic E-state index is 0.682. The van der Waals surface area contributed by atoms with Crippen LogP contribution in [-0.4, -0.2) is 63.7 Å². The van der Waals surface area contributed by atoms with E-state index in [4.69, 9.17) is 14.5 Å². The minimum atomic E-state index is 0.682. The van der Waals surface area contributed by atoms with E-state index in [-0.39, 0.29) is 0 Å². The van der Waals surface area contributed by atoms with Gasteiger partial charge in [0.2, 0.25) is 0 Å². The molecule has 3 aromatic heterocycles. The zero-order valence-corrected chi connectivity index (χ0v) is 15.9. The van der Waals surface area contributed by atoms with Gasteiger partial charge in [0.15, 0.2) is 5.65 Å². The molecule has 1 N–H and O–H groups in total. The molecule has 7 heteroatoms. The number of aryl methyl sites for hydroxylation is 1. The molecule has 0 radical (unpaired) electrons. The smallest absolute Gasteiger partial charge is 0.154 e. The Morgan fingerprint density at radius 1 is 1.11 bits per heavy atom. The van der Waals surface area contributed by atoms with Gasteiger partial charge in [-0.3, -0.25) is 9.30 Å². The van der Waals surface area contributed by atoms with E-state index in [9.17, 15) is 0 Å². The highest BCUT2D eigenvalue weighted by atomic mass is 16.5. The van der Waals surface area contributed by atoms with E-state index >= 15 is 0 Å². The normalized spacial score (nSPS) is 15.5. The molecule has 0 aliphatic carbocycles. The van der Waals surface area contributed by atoms with Crippen LogP contribution < -0.4 is 4.74 Å². The first kappa shape index (κ1) is 17.2. The highest BCUT2D eigenvalue weighted by molar-refractivity contribution is 5.84. The predicted molar refractivity (Wildman–Crippen MR) is 108 cm³/mol. The zero-order valence-electron chi connectivity index (χ0n) is 15.9. The summed E-state index contributed by atoms with van der Waals surface area (Å²) in [5, 5.41) is 0. The van der Waals surface area contributed by atoms with Crippen LogP contribution in [0.25, 0.3) is 27.9 Å². The van der Waals surface area contributed by atoms with Crippen molar-refractivity contribution in [3.63, 3.8) is 0 Å². The molecule has 1 aliphatic heterocycles. The standard InChI is InChI=1S/C21H23N5O2/c1-15-24-20(19-14-23-21-18(26(15)19)6-7-22-21)16-2-4-17(5-3-16)28-13-10-25-8-11-27-12-9-25/h2-7,14,22H,8-13H2,1H3. The summed E-state index contributed by atoms with van der Waals surface area (Å²) in [6, 6.07) is 10.2. The number of aromatic nitrogens is 4. The first-order chi connectivity index (χ1) is 13.8. The van der Waals surface area contributed by atoms with Crippen LogP contribution in [-0.2, 0) is 4.74 Å². The maximum Gasteiger partial charge on any atom is 0.154 e. The number of morpholine rings is 1. The number of H-pyrrole nitrogens is 1. The second-order valence-electron chi connectivity index (χ2n) is 7.02. The molecule has 5 rings (SSSR count). The SMILES string of the molecule is Cc1nc(-c2ccc(OCCN3CCOCC3)cc2)c2cnc3[nH]ccc3n12. The lowest BCUT2D eigenvalue weighted by atomic mass is 10.1. The van der Waals surface area contributed by atoms with Crippen molar-refractivity contribution in [1.29, 1.82) is 0 Å². The summed E-state index contributed by atoms with van der Waals surface area (Å²) in [7, 11) is 0. The average Bonchev–Trinajstić information content (AvgIpc) is 3.33. The minimum Gasteiger partial charge on any atom is -0.492 e. The molecule has 28 heavy (non-hydrogen) atoms. The van der Waals surface area contributed by atoms with Crippen molar-refractivity contribution in [3.05, 3.63) is 48.5 Å². The third-order valence-electron chi connectivity index (χ3n) is 5.25. The lowest BCUT2D eigenvalue weighted by Crippen LogP contribution is -2.38. The van der Waals surface area contributed by atoms with Gasteiger partial charge in [0.25, 0.3) is 0 Å². The van der Waals surface area contributed by atoms with Crippen molar-refractivity contribution in [2.75, 3.05) is 39.5 Å². The maximum atomic E-state index is 5.91. The topological polar surface area (TPSA) is 67.7 Å². The van der Waals surface area contributed by atoms with Gasteiger partial charge in [0.1, 0.15) is 18.2 Å². The van der Waals surface area contributed by atoms with E-state index in [0.717, 1.165) is 72.4 Å². The second-order valence-corrected chi connectivity index (χ2v) is 7.02. The number of nitrogens with one attached hydrogen (secondary N) is 1. The Bertz CT molecular complexity index is 1090. The Kier molecular flexibility index (Phi) is 4.46. The lowest BCUT2D eigenvalue weighted by molar-refractivity contribution is 0.0322. The van der Waals surface area contributed by atoms with Gasteiger partial charge in [0, 0.05) is 31.4 Å². The summed E-state index contributed by atoms with van der Waals surface area (Å²) in [4.78, 5) is 14.8. The van der Waals surface area contributed by atoms with Crippen LogP contribution >= 0.6 is 0 Å². The average molecular weight is 377 g/mol. The van der Waals surface area contributed by atoms with Crippen LogP contribution in [0.1, 0.15) is 5.82 Å². The number of hydrogen-bond acceptors (Lipinski definition) is 5. The molecule has 0 unspecified atom stereocenters. The van der Waals surface area contributed by atoms with E-state index in [2.05, 4.69) is 31.4 Å². The summed E-state index contributed by atoms with van der Waals surface area (Å²) in [5.41, 5.74) is 4.90. The molecular weight excluding hydrogens is 354 g/mol. The second kappa shape index (κ2) is 7.26. The van der Waals surface area contributed by atoms with Gasteiger partial charge in [-0.05, 0) is 37.3 Å². The molecule has 1 aliphatic rings. The monoisotopic (exact) mass is 377 g/mol. The van der Waals surface area contributed by atoms with Gasteiger partial charge in [-0.25, -0.2) is 9.97 Å². The van der Waals surface area contributed by atoms with E-state index in [1.165, 1.54) is 0 Å². The van der Waals surface area contributed by atoms with Gasteiger partial charge in [0.05, 0.1) is 36.1 Å². The third-order valence-corrected chi connectivity index (χ3v) is 5.25. The highest BCUT2D eigenvalue weighted by Crippen LogP contribution is 2.28. The number of nitrogens with zero attached hydrogens (tertiary/aromatic N) is 4. The van der Waals surface area contributed by atoms with Crippen molar-refractivity contribution in [2.24, 2.45) is 0 Å². The van der Waals surface area contributed by atoms with E-state index in [0.29, 0.717) is 6.61 Å². The first-order valence-corrected chi connectivity index (χ1v) is 9.64. The number of aromatic amines is 1. The fourth-order valence-corrected chi connectivity index (χ4v) is 3.77. The van der Waals surface area contributed by atoms with Crippen molar-refractivity contribution in [1.82, 2.24) is 24.3 Å². The molecule has 4 heterocycles. The molecule has 144 valence electrons. The zero-order chi connectivity index (χ0) is 18.9. The molecule has 1 saturated heterocycles. The van der Waals surface area contributed by atoms with Gasteiger partial charge >= 0.3 is 0 Å². The summed E-state index contributed by atoms with van der Waals surface area (Å²) in [5.74, 6) is 1.83. The summed E-state index contributed by atoms with van der Waals surface area (Å²) >= 11 is 0. The fraction of sp³-hybridized carbons (Fsp3) is 0.333. The molecular formula is C21H23N5O2. The van der Waals surface area contributed by atoms with Crippen molar-refractivity contribution >= 4 is 16.7 Å². The van der Waals surface area contributed by atoms with Gasteiger partial charge in [-0.15, -0.1) is 0 Å². The van der Waals surface area contributed by atoms with Crippen LogP contribution in [0, 0.1) is 6.92 Å². The van der Waals surface area contributed by atoms with Crippen molar-refractivity contribution in [2.45, 2.75) is 6.92 Å². The Morgan fingerprint density at radius 3 is 2.75 bits per heavy atom. The quantitative estimate of drug-likeness (QED) is 0.579. The van der Waals surface area contributed by atoms with Crippen molar-refractivity contribution < 1.29 is 9.47 Å². The van der Waals surface area contributed by atoms with Gasteiger partial charge in [-0.1, -0.05) is 0 Å². The van der Waals surface area contributed by atoms with Gasteiger partial charge < -0.3 is 14.5 Å². The molecule has 0 amide bonds. The number of benzene rings is 1. The summed E-state index contributed by atoms with van der Waals surface area (Å²) in [6.45, 7) is 7.23. The van der Waals surface area contributed by atoms with E-state index in [1.54, 1.807) is 0 Å². The lowest BCUT2D eigenvalue weighted by Gasteiger charge is -2.26. The predicted octanol–water partition coefficient (Wildman–Crippen LogP) is 2.90. The molecule has 0 atom stereocenters. The largest absolute Gasteiger partial charge is 0.492 e. The Balaban J connectivity index is 1.34. The number of ether oxygens (including phenoxy) is 2. The highest BCUT2D eigenvalue weighted by Gasteiger charge is 2.14. The number of fused-ring (bicyclic) bond motifs is 3. The Morgan fingerprint density at radius 2 is 1.93 bits per heavy atom. The number of rotatable bonds is 5. The molecule has 1 aromatic carbocycles. The van der Waals surface area contributed by atoms with Crippen LogP contribution in [0.15, 0.2) is 42.7 Å². The van der Waals surface area contributed by atoms with E-state index in [1.807, 2.05) is 37.5 Å². The Labute approximate surface area is 162 Å². The third kappa shape index (κ3) is 3.12. The maximum absolute atomic E-state index is 5.91. The molecule has 1 fully saturated rings. The Hall–Kier alpha value is -2.90. The molecule has 7 nitrogen and oxygen atoms in total. The number of hydrogen-bond donors (Lipinski definition) is 1. The van der Waals surface area contributed by atoms with Crippen LogP contribution in [0.3, 0.4) is 0 Å². The summed E-state index contributed by atoms with van der Waals surface area (Å²) in [6.07, 6.45) is 3.78. The van der Waals surface area contributed by atoms with Crippen LogP contribution in [0.5, 0.6) is 5.75 Å². The number of imidazole rings is 1. The molecule has 4 aromatic rings. The van der Waals surface area contributed by atoms with Gasteiger partial charge in [-0.2, -0.15) is 0 Å². The van der Waals surface area contributed by atoms with Crippen LogP contribution in [0.2, 0.25) is 0 Å². The molecule has 0 bridgehead atoms. The fourth-order valence-electron chi connectivity index (χ4n) is 3.77. The first-order valence-electron chi connectivity index (χ1n) is 9.64. The van der Waals surface area contributed by atoms with Crippen LogP contribution in [0.4, 0.5) is 0 Å².